The van der Waals surface area contributed by atoms with E-state index in [0.717, 1.165) is 4.73 Å². The van der Waals surface area contributed by atoms with Gasteiger partial charge in [0.1, 0.15) is 23.5 Å². The highest BCUT2D eigenvalue weighted by molar-refractivity contribution is 5.69. The summed E-state index contributed by atoms with van der Waals surface area (Å²) in [6.45, 7) is 1.89. The van der Waals surface area contributed by atoms with Gasteiger partial charge in [-0.15, -0.1) is 0 Å². The predicted molar refractivity (Wildman–Crippen MR) is 57.6 cm³/mol. The lowest BCUT2D eigenvalue weighted by Gasteiger charge is -2.08. The van der Waals surface area contributed by atoms with Gasteiger partial charge < -0.3 is 15.4 Å². The van der Waals surface area contributed by atoms with E-state index in [0.29, 0.717) is 23.2 Å². The van der Waals surface area contributed by atoms with Gasteiger partial charge in [0.2, 0.25) is 0 Å². The molecule has 0 atom stereocenters. The van der Waals surface area contributed by atoms with E-state index in [-0.39, 0.29) is 11.5 Å². The molecule has 1 aromatic carbocycles. The number of imidazole rings is 1. The monoisotopic (exact) mass is 220 g/mol. The van der Waals surface area contributed by atoms with Crippen LogP contribution in [0.3, 0.4) is 0 Å². The van der Waals surface area contributed by atoms with Crippen molar-refractivity contribution in [2.45, 2.75) is 13.3 Å². The van der Waals surface area contributed by atoms with Crippen LogP contribution >= 0.6 is 0 Å². The number of aromatic nitrogens is 2. The summed E-state index contributed by atoms with van der Waals surface area (Å²) in [5.74, 6) is -0.0433. The minimum atomic E-state index is -0.0921. The Balaban J connectivity index is 2.61. The number of hydrogen-bond acceptors (Lipinski definition) is 4. The first-order valence-corrected chi connectivity index (χ1v) is 4.90. The molecule has 0 bridgehead atoms. The van der Waals surface area contributed by atoms with Crippen molar-refractivity contribution in [3.8, 4) is 22.8 Å². The van der Waals surface area contributed by atoms with E-state index in [1.807, 2.05) is 6.92 Å². The molecule has 84 valence electrons. The van der Waals surface area contributed by atoms with Gasteiger partial charge in [0, 0.05) is 11.6 Å². The van der Waals surface area contributed by atoms with Crippen LogP contribution in [0.4, 0.5) is 0 Å². The second-order valence-corrected chi connectivity index (χ2v) is 3.48. The first-order valence-electron chi connectivity index (χ1n) is 4.90. The average molecular weight is 220 g/mol. The van der Waals surface area contributed by atoms with Gasteiger partial charge in [-0.3, -0.25) is 0 Å². The quantitative estimate of drug-likeness (QED) is 0.674. The maximum atomic E-state index is 9.70. The van der Waals surface area contributed by atoms with E-state index in [2.05, 4.69) is 4.98 Å². The molecule has 0 aliphatic rings. The summed E-state index contributed by atoms with van der Waals surface area (Å²) in [5, 5.41) is 28.7. The van der Waals surface area contributed by atoms with Crippen molar-refractivity contribution in [3.63, 3.8) is 0 Å². The fourth-order valence-electron chi connectivity index (χ4n) is 1.59. The summed E-state index contributed by atoms with van der Waals surface area (Å²) in [6.07, 6.45) is 3.30. The molecule has 0 amide bonds. The van der Waals surface area contributed by atoms with Crippen LogP contribution in [-0.2, 0) is 6.42 Å². The van der Waals surface area contributed by atoms with E-state index in [4.69, 9.17) is 0 Å². The molecule has 1 aromatic heterocycles. The standard InChI is InChI=1S/C11H12N2O3/c1-2-7-3-8(11(15)4-10(7)14)9-5-12-6-13(9)16/h3-6,14-16H,2H2,1H3. The van der Waals surface area contributed by atoms with Gasteiger partial charge in [0.05, 0.1) is 6.20 Å². The number of aromatic hydroxyl groups is 2. The molecule has 5 heteroatoms. The van der Waals surface area contributed by atoms with Crippen LogP contribution in [-0.4, -0.2) is 25.1 Å². The fourth-order valence-corrected chi connectivity index (χ4v) is 1.59. The topological polar surface area (TPSA) is 78.5 Å². The molecule has 0 aliphatic heterocycles. The van der Waals surface area contributed by atoms with Gasteiger partial charge in [-0.2, -0.15) is 4.73 Å². The van der Waals surface area contributed by atoms with Crippen LogP contribution in [0.2, 0.25) is 0 Å². The second-order valence-electron chi connectivity index (χ2n) is 3.48. The van der Waals surface area contributed by atoms with E-state index in [9.17, 15) is 15.4 Å². The Bertz CT molecular complexity index is 520. The van der Waals surface area contributed by atoms with Crippen LogP contribution in [0.25, 0.3) is 11.3 Å². The van der Waals surface area contributed by atoms with Gasteiger partial charge in [-0.05, 0) is 18.1 Å². The Hall–Kier alpha value is -2.17. The minimum Gasteiger partial charge on any atom is -0.508 e. The maximum Gasteiger partial charge on any atom is 0.132 e. The molecule has 1 heterocycles. The normalized spacial score (nSPS) is 10.6. The number of benzene rings is 1. The van der Waals surface area contributed by atoms with Crippen LogP contribution < -0.4 is 0 Å². The van der Waals surface area contributed by atoms with Gasteiger partial charge in [-0.25, -0.2) is 4.98 Å². The van der Waals surface area contributed by atoms with Gasteiger partial charge in [0.25, 0.3) is 0 Å². The van der Waals surface area contributed by atoms with E-state index >= 15 is 0 Å². The van der Waals surface area contributed by atoms with Crippen LogP contribution in [0.1, 0.15) is 12.5 Å². The predicted octanol–water partition coefficient (Wildman–Crippen LogP) is 1.76. The number of rotatable bonds is 2. The summed E-state index contributed by atoms with van der Waals surface area (Å²) in [7, 11) is 0. The lowest BCUT2D eigenvalue weighted by atomic mass is 10.0. The van der Waals surface area contributed by atoms with Crippen LogP contribution in [0.5, 0.6) is 11.5 Å². The van der Waals surface area contributed by atoms with Crippen molar-refractivity contribution in [2.24, 2.45) is 0 Å². The number of hydrogen-bond donors (Lipinski definition) is 3. The zero-order chi connectivity index (χ0) is 11.7. The molecule has 3 N–H and O–H groups in total. The Morgan fingerprint density at radius 3 is 2.56 bits per heavy atom. The third-order valence-electron chi connectivity index (χ3n) is 2.47. The molecule has 0 unspecified atom stereocenters. The second kappa shape index (κ2) is 3.77. The average Bonchev–Trinajstić information content (AvgIpc) is 2.65. The van der Waals surface area contributed by atoms with E-state index in [1.165, 1.54) is 18.6 Å². The van der Waals surface area contributed by atoms with E-state index in [1.54, 1.807) is 6.07 Å². The van der Waals surface area contributed by atoms with Crippen molar-refractivity contribution >= 4 is 0 Å². The highest BCUT2D eigenvalue weighted by Crippen LogP contribution is 2.34. The molecule has 0 aliphatic carbocycles. The first-order chi connectivity index (χ1) is 7.63. The molecule has 0 saturated heterocycles. The van der Waals surface area contributed by atoms with Crippen molar-refractivity contribution < 1.29 is 15.4 Å². The van der Waals surface area contributed by atoms with Crippen molar-refractivity contribution in [1.29, 1.82) is 0 Å². The smallest absolute Gasteiger partial charge is 0.132 e. The molecular weight excluding hydrogens is 208 g/mol. The number of phenolic OH excluding ortho intramolecular Hbond substituents is 2. The molecule has 2 aromatic rings. The third kappa shape index (κ3) is 1.56. The largest absolute Gasteiger partial charge is 0.508 e. The van der Waals surface area contributed by atoms with Crippen molar-refractivity contribution in [3.05, 3.63) is 30.2 Å². The molecule has 0 spiro atoms. The lowest BCUT2D eigenvalue weighted by Crippen LogP contribution is -1.93. The van der Waals surface area contributed by atoms with Gasteiger partial charge >= 0.3 is 0 Å². The van der Waals surface area contributed by atoms with E-state index < -0.39 is 0 Å². The summed E-state index contributed by atoms with van der Waals surface area (Å²) < 4.78 is 0.825. The van der Waals surface area contributed by atoms with Crippen LogP contribution in [0.15, 0.2) is 24.7 Å². The Kier molecular flexibility index (Phi) is 2.44. The summed E-state index contributed by atoms with van der Waals surface area (Å²) in [4.78, 5) is 3.76. The van der Waals surface area contributed by atoms with Gasteiger partial charge in [0.15, 0.2) is 0 Å². The zero-order valence-electron chi connectivity index (χ0n) is 8.75. The molecule has 16 heavy (non-hydrogen) atoms. The molecule has 0 saturated carbocycles. The summed E-state index contributed by atoms with van der Waals surface area (Å²) >= 11 is 0. The summed E-state index contributed by atoms with van der Waals surface area (Å²) in [6, 6.07) is 2.90. The zero-order valence-corrected chi connectivity index (χ0v) is 8.75. The molecule has 5 nitrogen and oxygen atoms in total. The summed E-state index contributed by atoms with van der Waals surface area (Å²) in [5.41, 5.74) is 1.52. The molecule has 0 radical (unpaired) electrons. The third-order valence-corrected chi connectivity index (χ3v) is 2.47. The highest BCUT2D eigenvalue weighted by Gasteiger charge is 2.12. The Morgan fingerprint density at radius 1 is 1.25 bits per heavy atom. The Morgan fingerprint density at radius 2 is 2.00 bits per heavy atom. The SMILES string of the molecule is CCc1cc(-c2cncn2O)c(O)cc1O. The number of aryl methyl sites for hydroxylation is 1. The van der Waals surface area contributed by atoms with Gasteiger partial charge in [-0.1, -0.05) is 6.92 Å². The number of nitrogens with zero attached hydrogens (tertiary/aromatic N) is 2. The molecule has 0 fully saturated rings. The fraction of sp³-hybridized carbons (Fsp3) is 0.182. The first kappa shape index (κ1) is 10.4. The highest BCUT2D eigenvalue weighted by atomic mass is 16.5. The van der Waals surface area contributed by atoms with Crippen molar-refractivity contribution in [2.75, 3.05) is 0 Å². The minimum absolute atomic E-state index is 0.0488. The molecule has 2 rings (SSSR count). The number of phenols is 2. The molecular formula is C11H12N2O3. The lowest BCUT2D eigenvalue weighted by molar-refractivity contribution is 0.190. The Labute approximate surface area is 92.2 Å². The van der Waals surface area contributed by atoms with Crippen LogP contribution in [0, 0.1) is 0 Å². The van der Waals surface area contributed by atoms with Crippen molar-refractivity contribution in [1.82, 2.24) is 9.71 Å². The maximum absolute atomic E-state index is 9.70.